The Morgan fingerprint density at radius 1 is 0.758 bits per heavy atom. The SMILES string of the molecule is CCCCCCCOC(=O)C(=Cc1cc(OC)c(O)c(OC)c1)C(=O)OCCCCCCC. The van der Waals surface area contributed by atoms with Crippen molar-refractivity contribution in [2.24, 2.45) is 0 Å². The van der Waals surface area contributed by atoms with Crippen LogP contribution in [-0.2, 0) is 19.1 Å². The van der Waals surface area contributed by atoms with Crippen molar-refractivity contribution in [2.75, 3.05) is 27.4 Å². The molecule has 7 nitrogen and oxygen atoms in total. The smallest absolute Gasteiger partial charge is 0.345 e. The first-order valence-corrected chi connectivity index (χ1v) is 12.0. The van der Waals surface area contributed by atoms with Gasteiger partial charge >= 0.3 is 11.9 Å². The van der Waals surface area contributed by atoms with Crippen LogP contribution < -0.4 is 9.47 Å². The van der Waals surface area contributed by atoms with Crippen molar-refractivity contribution in [2.45, 2.75) is 78.1 Å². The van der Waals surface area contributed by atoms with Crippen LogP contribution in [0.2, 0.25) is 0 Å². The number of benzene rings is 1. The van der Waals surface area contributed by atoms with Gasteiger partial charge in [0.15, 0.2) is 11.5 Å². The molecule has 0 radical (unpaired) electrons. The van der Waals surface area contributed by atoms with E-state index in [-0.39, 0.29) is 36.0 Å². The molecule has 0 saturated heterocycles. The van der Waals surface area contributed by atoms with E-state index < -0.39 is 11.9 Å². The van der Waals surface area contributed by atoms with Gasteiger partial charge in [0.1, 0.15) is 5.57 Å². The van der Waals surface area contributed by atoms with Gasteiger partial charge in [-0.25, -0.2) is 9.59 Å². The molecule has 0 bridgehead atoms. The van der Waals surface area contributed by atoms with Crippen LogP contribution in [0.5, 0.6) is 17.2 Å². The van der Waals surface area contributed by atoms with Crippen molar-refractivity contribution >= 4 is 18.0 Å². The Labute approximate surface area is 198 Å². The summed E-state index contributed by atoms with van der Waals surface area (Å²) in [5, 5.41) is 10.1. The summed E-state index contributed by atoms with van der Waals surface area (Å²) in [4.78, 5) is 25.4. The van der Waals surface area contributed by atoms with Crippen LogP contribution in [0.25, 0.3) is 6.08 Å². The van der Waals surface area contributed by atoms with Gasteiger partial charge in [-0.3, -0.25) is 0 Å². The standard InChI is InChI=1S/C26H40O7/c1-5-7-9-11-13-15-32-25(28)21(26(29)33-16-14-12-10-8-6-2)17-20-18-22(30-3)24(27)23(19-20)31-4/h17-19,27H,5-16H2,1-4H3. The molecule has 0 unspecified atom stereocenters. The molecule has 33 heavy (non-hydrogen) atoms. The number of methoxy groups -OCH3 is 2. The fraction of sp³-hybridized carbons (Fsp3) is 0.615. The van der Waals surface area contributed by atoms with Gasteiger partial charge in [-0.05, 0) is 36.6 Å². The summed E-state index contributed by atoms with van der Waals surface area (Å²) in [5.41, 5.74) is 0.239. The first-order chi connectivity index (χ1) is 16.0. The summed E-state index contributed by atoms with van der Waals surface area (Å²) in [5.74, 6) is -1.30. The lowest BCUT2D eigenvalue weighted by molar-refractivity contribution is -0.147. The highest BCUT2D eigenvalue weighted by Gasteiger charge is 2.22. The molecular formula is C26H40O7. The van der Waals surface area contributed by atoms with Crippen molar-refractivity contribution in [1.82, 2.24) is 0 Å². The summed E-state index contributed by atoms with van der Waals surface area (Å²) >= 11 is 0. The van der Waals surface area contributed by atoms with Gasteiger partial charge in [0.2, 0.25) is 5.75 Å². The molecule has 0 aliphatic heterocycles. The van der Waals surface area contributed by atoms with Gasteiger partial charge in [-0.15, -0.1) is 0 Å². The fourth-order valence-corrected chi connectivity index (χ4v) is 3.26. The molecular weight excluding hydrogens is 424 g/mol. The number of unbranched alkanes of at least 4 members (excludes halogenated alkanes) is 8. The average Bonchev–Trinajstić information content (AvgIpc) is 2.82. The van der Waals surface area contributed by atoms with Gasteiger partial charge in [0.05, 0.1) is 27.4 Å². The number of hydrogen-bond acceptors (Lipinski definition) is 7. The van der Waals surface area contributed by atoms with E-state index in [2.05, 4.69) is 13.8 Å². The van der Waals surface area contributed by atoms with E-state index in [0.717, 1.165) is 64.2 Å². The molecule has 0 saturated carbocycles. The molecule has 0 aromatic heterocycles. The minimum absolute atomic E-state index is 0.161. The highest BCUT2D eigenvalue weighted by molar-refractivity contribution is 6.17. The largest absolute Gasteiger partial charge is 0.502 e. The van der Waals surface area contributed by atoms with Crippen LogP contribution in [0.3, 0.4) is 0 Å². The first-order valence-electron chi connectivity index (χ1n) is 12.0. The molecule has 0 atom stereocenters. The lowest BCUT2D eigenvalue weighted by atomic mass is 10.1. The molecule has 1 aromatic rings. The lowest BCUT2D eigenvalue weighted by Crippen LogP contribution is -2.19. The van der Waals surface area contributed by atoms with Gasteiger partial charge in [-0.1, -0.05) is 65.2 Å². The highest BCUT2D eigenvalue weighted by atomic mass is 16.6. The van der Waals surface area contributed by atoms with Crippen LogP contribution in [0.1, 0.15) is 83.6 Å². The number of phenols is 1. The number of carbonyl (C=O) groups is 2. The lowest BCUT2D eigenvalue weighted by Gasteiger charge is -2.12. The predicted octanol–water partition coefficient (Wildman–Crippen LogP) is 5.82. The monoisotopic (exact) mass is 464 g/mol. The first kappa shape index (κ1) is 28.3. The molecule has 0 aliphatic carbocycles. The van der Waals surface area contributed by atoms with E-state index in [1.807, 2.05) is 0 Å². The average molecular weight is 465 g/mol. The Hall–Kier alpha value is -2.70. The zero-order chi connectivity index (χ0) is 24.5. The van der Waals surface area contributed by atoms with E-state index in [1.54, 1.807) is 0 Å². The second kappa shape index (κ2) is 16.9. The van der Waals surface area contributed by atoms with Crippen molar-refractivity contribution in [3.05, 3.63) is 23.3 Å². The third-order valence-corrected chi connectivity index (χ3v) is 5.22. The summed E-state index contributed by atoms with van der Waals surface area (Å²) in [6.07, 6.45) is 11.5. The van der Waals surface area contributed by atoms with E-state index in [0.29, 0.717) is 5.56 Å². The minimum Gasteiger partial charge on any atom is -0.502 e. The zero-order valence-corrected chi connectivity index (χ0v) is 20.6. The predicted molar refractivity (Wildman–Crippen MR) is 129 cm³/mol. The number of rotatable bonds is 17. The highest BCUT2D eigenvalue weighted by Crippen LogP contribution is 2.37. The van der Waals surface area contributed by atoms with Crippen LogP contribution in [-0.4, -0.2) is 44.5 Å². The second-order valence-electron chi connectivity index (χ2n) is 7.93. The molecule has 1 aromatic carbocycles. The number of ether oxygens (including phenoxy) is 4. The third-order valence-electron chi connectivity index (χ3n) is 5.22. The Morgan fingerprint density at radius 2 is 1.18 bits per heavy atom. The second-order valence-corrected chi connectivity index (χ2v) is 7.93. The Bertz CT molecular complexity index is 700. The summed E-state index contributed by atoms with van der Waals surface area (Å²) in [6, 6.07) is 3.02. The number of aromatic hydroxyl groups is 1. The molecule has 0 aliphatic rings. The Kier molecular flexibility index (Phi) is 14.5. The molecule has 186 valence electrons. The maximum atomic E-state index is 12.7. The minimum atomic E-state index is -0.729. The number of esters is 2. The molecule has 0 spiro atoms. The maximum absolute atomic E-state index is 12.7. The molecule has 0 fully saturated rings. The molecule has 1 rings (SSSR count). The van der Waals surface area contributed by atoms with Crippen LogP contribution in [0.4, 0.5) is 0 Å². The molecule has 7 heteroatoms. The number of carbonyl (C=O) groups excluding carboxylic acids is 2. The maximum Gasteiger partial charge on any atom is 0.345 e. The molecule has 1 N–H and O–H groups in total. The van der Waals surface area contributed by atoms with Gasteiger partial charge in [0, 0.05) is 0 Å². The topological polar surface area (TPSA) is 91.3 Å². The quantitative estimate of drug-likeness (QED) is 0.102. The number of phenolic OH excluding ortho intramolecular Hbond substituents is 1. The van der Waals surface area contributed by atoms with Crippen LogP contribution in [0, 0.1) is 0 Å². The van der Waals surface area contributed by atoms with Gasteiger partial charge < -0.3 is 24.1 Å². The van der Waals surface area contributed by atoms with Crippen molar-refractivity contribution in [3.8, 4) is 17.2 Å². The fourth-order valence-electron chi connectivity index (χ4n) is 3.26. The molecule has 0 heterocycles. The van der Waals surface area contributed by atoms with Gasteiger partial charge in [0.25, 0.3) is 0 Å². The third kappa shape index (κ3) is 10.6. The van der Waals surface area contributed by atoms with E-state index in [9.17, 15) is 14.7 Å². The Balaban J connectivity index is 2.94. The summed E-state index contributed by atoms with van der Waals surface area (Å²) in [6.45, 7) is 4.76. The van der Waals surface area contributed by atoms with Crippen LogP contribution >= 0.6 is 0 Å². The zero-order valence-electron chi connectivity index (χ0n) is 20.6. The van der Waals surface area contributed by atoms with Crippen molar-refractivity contribution < 1.29 is 33.6 Å². The molecule has 0 amide bonds. The van der Waals surface area contributed by atoms with E-state index in [4.69, 9.17) is 18.9 Å². The summed E-state index contributed by atoms with van der Waals surface area (Å²) < 4.78 is 21.0. The van der Waals surface area contributed by atoms with E-state index in [1.165, 1.54) is 32.4 Å². The van der Waals surface area contributed by atoms with Crippen molar-refractivity contribution in [1.29, 1.82) is 0 Å². The van der Waals surface area contributed by atoms with Gasteiger partial charge in [-0.2, -0.15) is 0 Å². The van der Waals surface area contributed by atoms with E-state index >= 15 is 0 Å². The van der Waals surface area contributed by atoms with Crippen molar-refractivity contribution in [3.63, 3.8) is 0 Å². The normalized spacial score (nSPS) is 10.4. The summed E-state index contributed by atoms with van der Waals surface area (Å²) in [7, 11) is 2.81. The van der Waals surface area contributed by atoms with Crippen LogP contribution in [0.15, 0.2) is 17.7 Å². The number of hydrogen-bond donors (Lipinski definition) is 1. The Morgan fingerprint density at radius 3 is 1.58 bits per heavy atom.